The molecule has 1 aliphatic rings. The zero-order chi connectivity index (χ0) is 19.1. The molecule has 0 bridgehead atoms. The maximum atomic E-state index is 12.4. The van der Waals surface area contributed by atoms with Crippen molar-refractivity contribution in [1.29, 1.82) is 0 Å². The third-order valence-electron chi connectivity index (χ3n) is 3.81. The van der Waals surface area contributed by atoms with Crippen LogP contribution in [0.15, 0.2) is 24.3 Å². The number of nitrogens with one attached hydrogen (secondary N) is 2. The summed E-state index contributed by atoms with van der Waals surface area (Å²) in [6.07, 6.45) is -0.155. The van der Waals surface area contributed by atoms with Crippen LogP contribution >= 0.6 is 12.2 Å². The van der Waals surface area contributed by atoms with Gasteiger partial charge in [-0.25, -0.2) is 0 Å². The number of ether oxygens (including phenoxy) is 2. The Morgan fingerprint density at radius 2 is 2.19 bits per heavy atom. The van der Waals surface area contributed by atoms with Gasteiger partial charge < -0.3 is 19.7 Å². The number of amides is 2. The fourth-order valence-electron chi connectivity index (χ4n) is 2.54. The van der Waals surface area contributed by atoms with Gasteiger partial charge in [-0.15, -0.1) is 0 Å². The fraction of sp³-hybridized carbons (Fsp3) is 0.412. The van der Waals surface area contributed by atoms with Crippen LogP contribution in [-0.2, 0) is 14.3 Å². The molecule has 1 aromatic carbocycles. The van der Waals surface area contributed by atoms with Crippen molar-refractivity contribution in [3.8, 4) is 5.75 Å². The first-order valence-electron chi connectivity index (χ1n) is 8.15. The normalized spacial score (nSPS) is 16.5. The van der Waals surface area contributed by atoms with Gasteiger partial charge >= 0.3 is 5.97 Å². The van der Waals surface area contributed by atoms with E-state index in [2.05, 4.69) is 15.4 Å². The smallest absolute Gasteiger partial charge is 0.308 e. The molecule has 0 aromatic heterocycles. The zero-order valence-corrected chi connectivity index (χ0v) is 15.4. The highest BCUT2D eigenvalue weighted by Crippen LogP contribution is 2.14. The Morgan fingerprint density at radius 3 is 2.88 bits per heavy atom. The summed E-state index contributed by atoms with van der Waals surface area (Å²) in [5.41, 5.74) is 0.379. The second-order valence-electron chi connectivity index (χ2n) is 5.50. The van der Waals surface area contributed by atoms with Gasteiger partial charge in [0.2, 0.25) is 5.91 Å². The molecule has 2 N–H and O–H groups in total. The number of thiocarbonyl (C=S) groups is 1. The highest BCUT2D eigenvalue weighted by molar-refractivity contribution is 7.80. The molecule has 0 saturated carbocycles. The van der Waals surface area contributed by atoms with Crippen LogP contribution in [0.2, 0.25) is 0 Å². The van der Waals surface area contributed by atoms with Crippen molar-refractivity contribution in [2.24, 2.45) is 0 Å². The number of piperazine rings is 1. The second-order valence-corrected chi connectivity index (χ2v) is 5.89. The van der Waals surface area contributed by atoms with E-state index >= 15 is 0 Å². The molecular weight excluding hydrogens is 358 g/mol. The summed E-state index contributed by atoms with van der Waals surface area (Å²) >= 11 is 5.28. The van der Waals surface area contributed by atoms with Crippen LogP contribution in [0.3, 0.4) is 0 Å². The number of benzene rings is 1. The maximum absolute atomic E-state index is 12.4. The third kappa shape index (κ3) is 4.92. The highest BCUT2D eigenvalue weighted by atomic mass is 32.1. The minimum atomic E-state index is -0.821. The Morgan fingerprint density at radius 1 is 1.42 bits per heavy atom. The Kier molecular flexibility index (Phi) is 6.90. The summed E-state index contributed by atoms with van der Waals surface area (Å²) in [5, 5.41) is 5.37. The van der Waals surface area contributed by atoms with Crippen LogP contribution in [-0.4, -0.2) is 60.6 Å². The lowest BCUT2D eigenvalue weighted by Crippen LogP contribution is -2.60. The van der Waals surface area contributed by atoms with Crippen molar-refractivity contribution in [2.45, 2.75) is 19.4 Å². The lowest BCUT2D eigenvalue weighted by Gasteiger charge is -2.36. The largest absolute Gasteiger partial charge is 0.494 e. The molecule has 2 rings (SSSR count). The molecule has 1 fully saturated rings. The first kappa shape index (κ1) is 19.6. The van der Waals surface area contributed by atoms with Crippen molar-refractivity contribution in [3.63, 3.8) is 0 Å². The minimum Gasteiger partial charge on any atom is -0.494 e. The zero-order valence-electron chi connectivity index (χ0n) is 14.6. The number of carbonyl (C=O) groups excluding carboxylic acids is 3. The number of esters is 1. The molecule has 0 aliphatic carbocycles. The van der Waals surface area contributed by atoms with Crippen LogP contribution in [0, 0.1) is 0 Å². The lowest BCUT2D eigenvalue weighted by molar-refractivity contribution is -0.144. The molecule has 2 amide bonds. The van der Waals surface area contributed by atoms with Crippen LogP contribution in [0.25, 0.3) is 0 Å². The minimum absolute atomic E-state index is 0.0839. The molecule has 0 radical (unpaired) electrons. The van der Waals surface area contributed by atoms with Gasteiger partial charge in [-0.1, -0.05) is 6.07 Å². The van der Waals surface area contributed by atoms with Crippen molar-refractivity contribution < 1.29 is 23.9 Å². The quantitative estimate of drug-likeness (QED) is 0.567. The van der Waals surface area contributed by atoms with Crippen molar-refractivity contribution in [2.75, 3.05) is 26.8 Å². The van der Waals surface area contributed by atoms with Gasteiger partial charge in [0.15, 0.2) is 5.11 Å². The van der Waals surface area contributed by atoms with Gasteiger partial charge in [-0.05, 0) is 37.3 Å². The average molecular weight is 379 g/mol. The van der Waals surface area contributed by atoms with E-state index in [4.69, 9.17) is 17.0 Å². The van der Waals surface area contributed by atoms with Crippen LogP contribution in [0.5, 0.6) is 5.75 Å². The first-order valence-corrected chi connectivity index (χ1v) is 8.56. The number of carbonyl (C=O) groups is 3. The maximum Gasteiger partial charge on any atom is 0.308 e. The summed E-state index contributed by atoms with van der Waals surface area (Å²) in [6.45, 7) is 3.09. The first-order chi connectivity index (χ1) is 12.5. The van der Waals surface area contributed by atoms with E-state index in [1.807, 2.05) is 6.92 Å². The Hall–Kier alpha value is -2.68. The Bertz CT molecular complexity index is 709. The second kappa shape index (κ2) is 9.14. The van der Waals surface area contributed by atoms with E-state index in [9.17, 15) is 14.4 Å². The van der Waals surface area contributed by atoms with E-state index in [1.165, 1.54) is 12.0 Å². The number of hydrogen-bond acceptors (Lipinski definition) is 6. The standard InChI is InChI=1S/C17H21N3O5S/c1-3-25-12-6-4-5-11(9-12)15(22)19-17(26)20-8-7-18-16(23)13(20)10-14(21)24-2/h4-6,9,13H,3,7-8,10H2,1-2H3,(H,18,23)(H,19,22,26). The van der Waals surface area contributed by atoms with Crippen LogP contribution in [0.4, 0.5) is 0 Å². The van der Waals surface area contributed by atoms with Crippen molar-refractivity contribution in [3.05, 3.63) is 29.8 Å². The van der Waals surface area contributed by atoms with Crippen molar-refractivity contribution >= 4 is 35.1 Å². The average Bonchev–Trinajstić information content (AvgIpc) is 2.63. The number of rotatable bonds is 5. The monoisotopic (exact) mass is 379 g/mol. The van der Waals surface area contributed by atoms with Gasteiger partial charge in [0.25, 0.3) is 5.91 Å². The van der Waals surface area contributed by atoms with E-state index in [1.54, 1.807) is 24.3 Å². The summed E-state index contributed by atoms with van der Waals surface area (Å²) in [4.78, 5) is 37.6. The van der Waals surface area contributed by atoms with Gasteiger partial charge in [-0.3, -0.25) is 19.7 Å². The van der Waals surface area contributed by atoms with E-state index in [0.717, 1.165) is 0 Å². The Balaban J connectivity index is 2.08. The van der Waals surface area contributed by atoms with Gasteiger partial charge in [-0.2, -0.15) is 0 Å². The van der Waals surface area contributed by atoms with Crippen LogP contribution < -0.4 is 15.4 Å². The van der Waals surface area contributed by atoms with E-state index in [-0.39, 0.29) is 17.4 Å². The molecule has 0 spiro atoms. The van der Waals surface area contributed by atoms with Crippen molar-refractivity contribution in [1.82, 2.24) is 15.5 Å². The molecule has 9 heteroatoms. The molecule has 1 heterocycles. The lowest BCUT2D eigenvalue weighted by atomic mass is 10.1. The third-order valence-corrected chi connectivity index (χ3v) is 4.14. The van der Waals surface area contributed by atoms with Crippen LogP contribution in [0.1, 0.15) is 23.7 Å². The number of methoxy groups -OCH3 is 1. The number of nitrogens with zero attached hydrogens (tertiary/aromatic N) is 1. The predicted molar refractivity (Wildman–Crippen MR) is 97.8 cm³/mol. The van der Waals surface area contributed by atoms with E-state index < -0.39 is 17.9 Å². The summed E-state index contributed by atoms with van der Waals surface area (Å²) in [6, 6.07) is 5.88. The molecule has 1 saturated heterocycles. The van der Waals surface area contributed by atoms with Gasteiger partial charge in [0.1, 0.15) is 11.8 Å². The highest BCUT2D eigenvalue weighted by Gasteiger charge is 2.34. The molecule has 1 unspecified atom stereocenters. The van der Waals surface area contributed by atoms with Gasteiger partial charge in [0, 0.05) is 18.7 Å². The fourth-order valence-corrected chi connectivity index (χ4v) is 2.85. The SMILES string of the molecule is CCOc1cccc(C(=O)NC(=S)N2CCNC(=O)C2CC(=O)OC)c1. The number of hydrogen-bond donors (Lipinski definition) is 2. The molecule has 1 aromatic rings. The summed E-state index contributed by atoms with van der Waals surface area (Å²) < 4.78 is 10.0. The predicted octanol–water partition coefficient (Wildman–Crippen LogP) is 0.464. The Labute approximate surface area is 156 Å². The summed E-state index contributed by atoms with van der Waals surface area (Å²) in [7, 11) is 1.25. The molecule has 8 nitrogen and oxygen atoms in total. The molecule has 1 aliphatic heterocycles. The molecular formula is C17H21N3O5S. The van der Waals surface area contributed by atoms with Gasteiger partial charge in [0.05, 0.1) is 20.1 Å². The topological polar surface area (TPSA) is 97.0 Å². The molecule has 140 valence electrons. The molecule has 26 heavy (non-hydrogen) atoms. The van der Waals surface area contributed by atoms with E-state index in [0.29, 0.717) is 31.0 Å². The summed E-state index contributed by atoms with van der Waals surface area (Å²) in [5.74, 6) is -0.710. The molecule has 1 atom stereocenters.